The lowest BCUT2D eigenvalue weighted by atomic mass is 10.0. The molecular weight excluding hydrogens is 446 g/mol. The van der Waals surface area contributed by atoms with Crippen LogP contribution in [0.4, 0.5) is 5.82 Å². The molecule has 2 aromatic heterocycles. The summed E-state index contributed by atoms with van der Waals surface area (Å²) in [4.78, 5) is 23.3. The van der Waals surface area contributed by atoms with E-state index in [9.17, 15) is 4.79 Å². The third-order valence-electron chi connectivity index (χ3n) is 6.63. The van der Waals surface area contributed by atoms with E-state index in [-0.39, 0.29) is 11.9 Å². The molecule has 2 heterocycles. The van der Waals surface area contributed by atoms with Gasteiger partial charge >= 0.3 is 0 Å². The number of nitrogens with two attached hydrogens (primary N) is 1. The van der Waals surface area contributed by atoms with Gasteiger partial charge in [-0.05, 0) is 61.1 Å². The maximum absolute atomic E-state index is 13.6. The monoisotopic (exact) mass is 477 g/mol. The lowest BCUT2D eigenvalue weighted by Crippen LogP contribution is -2.33. The van der Waals surface area contributed by atoms with Crippen LogP contribution in [0.3, 0.4) is 0 Å². The van der Waals surface area contributed by atoms with E-state index in [4.69, 9.17) is 15.7 Å². The van der Waals surface area contributed by atoms with E-state index < -0.39 is 0 Å². The number of aryl methyl sites for hydroxylation is 1. The number of aromatic nitrogens is 3. The van der Waals surface area contributed by atoms with E-state index in [2.05, 4.69) is 43.4 Å². The average Bonchev–Trinajstić information content (AvgIpc) is 3.17. The molecule has 1 atom stereocenters. The summed E-state index contributed by atoms with van der Waals surface area (Å²) in [6, 6.07) is 26.1. The smallest absolute Gasteiger partial charge is 0.257 e. The molecule has 0 unspecified atom stereocenters. The van der Waals surface area contributed by atoms with Crippen molar-refractivity contribution in [1.29, 1.82) is 0 Å². The Kier molecular flexibility index (Phi) is 6.42. The Hall–Kier alpha value is -4.19. The summed E-state index contributed by atoms with van der Waals surface area (Å²) in [6.45, 7) is 6.34. The van der Waals surface area contributed by atoms with Gasteiger partial charge in [-0.1, -0.05) is 68.4 Å². The molecule has 0 fully saturated rings. The average molecular weight is 478 g/mol. The van der Waals surface area contributed by atoms with Gasteiger partial charge in [-0.3, -0.25) is 9.36 Å². The molecule has 6 nitrogen and oxygen atoms in total. The highest BCUT2D eigenvalue weighted by molar-refractivity contribution is 6.11. The number of carbonyl (C=O) groups is 1. The molecule has 5 rings (SSSR count). The van der Waals surface area contributed by atoms with Crippen LogP contribution < -0.4 is 11.1 Å². The van der Waals surface area contributed by atoms with Crippen molar-refractivity contribution in [3.05, 3.63) is 95.6 Å². The van der Waals surface area contributed by atoms with Gasteiger partial charge in [0, 0.05) is 11.7 Å². The molecule has 0 aliphatic heterocycles. The molecule has 0 saturated heterocycles. The number of anilines is 1. The molecule has 3 N–H and O–H groups in total. The number of hydrogen-bond acceptors (Lipinski definition) is 4. The summed E-state index contributed by atoms with van der Waals surface area (Å²) in [5.74, 6) is 0.519. The number of para-hydroxylation sites is 2. The molecule has 0 bridgehead atoms. The van der Waals surface area contributed by atoms with Gasteiger partial charge in [-0.15, -0.1) is 0 Å². The van der Waals surface area contributed by atoms with Crippen molar-refractivity contribution in [2.24, 2.45) is 0 Å². The zero-order chi connectivity index (χ0) is 25.2. The second-order valence-corrected chi connectivity index (χ2v) is 9.63. The fraction of sp³-hybridized carbons (Fsp3) is 0.233. The van der Waals surface area contributed by atoms with E-state index in [1.807, 2.05) is 66.1 Å². The number of rotatable bonds is 7. The maximum Gasteiger partial charge on any atom is 0.257 e. The van der Waals surface area contributed by atoms with Gasteiger partial charge in [-0.2, -0.15) is 0 Å². The minimum atomic E-state index is -0.236. The summed E-state index contributed by atoms with van der Waals surface area (Å²) in [7, 11) is 0. The summed E-state index contributed by atoms with van der Waals surface area (Å²) >= 11 is 0. The second kappa shape index (κ2) is 9.82. The molecule has 3 aromatic carbocycles. The molecule has 1 amide bonds. The van der Waals surface area contributed by atoms with E-state index >= 15 is 0 Å². The summed E-state index contributed by atoms with van der Waals surface area (Å²) < 4.78 is 1.84. The number of hydrogen-bond donors (Lipinski definition) is 2. The topological polar surface area (TPSA) is 85.8 Å². The number of nitrogens with one attached hydrogen (secondary N) is 1. The van der Waals surface area contributed by atoms with Crippen molar-refractivity contribution in [2.75, 3.05) is 5.73 Å². The molecular formula is C30H31N5O. The van der Waals surface area contributed by atoms with Crippen LogP contribution in [0.2, 0.25) is 0 Å². The molecule has 0 radical (unpaired) electrons. The van der Waals surface area contributed by atoms with Gasteiger partial charge in [-0.25, -0.2) is 9.97 Å². The fourth-order valence-electron chi connectivity index (χ4n) is 4.55. The first-order valence-corrected chi connectivity index (χ1v) is 12.4. The van der Waals surface area contributed by atoms with Crippen molar-refractivity contribution < 1.29 is 4.79 Å². The number of amides is 1. The van der Waals surface area contributed by atoms with Crippen LogP contribution in [0.5, 0.6) is 0 Å². The highest BCUT2D eigenvalue weighted by atomic mass is 16.1. The lowest BCUT2D eigenvalue weighted by molar-refractivity contribution is 0.0941. The van der Waals surface area contributed by atoms with Crippen LogP contribution in [0.15, 0.2) is 78.9 Å². The molecule has 5 aromatic rings. The van der Waals surface area contributed by atoms with Gasteiger partial charge < -0.3 is 11.1 Å². The van der Waals surface area contributed by atoms with Crippen LogP contribution >= 0.6 is 0 Å². The van der Waals surface area contributed by atoms with E-state index in [0.29, 0.717) is 28.5 Å². The van der Waals surface area contributed by atoms with E-state index in [1.165, 1.54) is 11.1 Å². The minimum absolute atomic E-state index is 0.0331. The molecule has 0 aliphatic carbocycles. The van der Waals surface area contributed by atoms with Crippen molar-refractivity contribution >= 4 is 33.9 Å². The highest BCUT2D eigenvalue weighted by Crippen LogP contribution is 2.31. The number of benzene rings is 3. The van der Waals surface area contributed by atoms with E-state index in [1.54, 1.807) is 0 Å². The van der Waals surface area contributed by atoms with Crippen LogP contribution in [-0.4, -0.2) is 26.5 Å². The Bertz CT molecular complexity index is 1520. The quantitative estimate of drug-likeness (QED) is 0.300. The van der Waals surface area contributed by atoms with Gasteiger partial charge in [0.25, 0.3) is 5.91 Å². The number of nitrogens with zero attached hydrogens (tertiary/aromatic N) is 3. The predicted octanol–water partition coefficient (Wildman–Crippen LogP) is 6.03. The Morgan fingerprint density at radius 2 is 1.53 bits per heavy atom. The first kappa shape index (κ1) is 23.5. The first-order chi connectivity index (χ1) is 17.4. The molecule has 0 aliphatic rings. The van der Waals surface area contributed by atoms with Crippen LogP contribution in [0.25, 0.3) is 27.9 Å². The Morgan fingerprint density at radius 3 is 2.19 bits per heavy atom. The lowest BCUT2D eigenvalue weighted by Gasteiger charge is -2.14. The molecule has 182 valence electrons. The number of fused-ring (bicyclic) bond motifs is 2. The number of carbonyl (C=O) groups excluding carboxylic acids is 1. The Labute approximate surface area is 211 Å². The third kappa shape index (κ3) is 4.54. The van der Waals surface area contributed by atoms with Crippen molar-refractivity contribution in [3.8, 4) is 5.69 Å². The highest BCUT2D eigenvalue weighted by Gasteiger charge is 2.25. The normalized spacial score (nSPS) is 12.3. The largest absolute Gasteiger partial charge is 0.384 e. The van der Waals surface area contributed by atoms with Crippen molar-refractivity contribution in [1.82, 2.24) is 19.9 Å². The zero-order valence-corrected chi connectivity index (χ0v) is 20.9. The summed E-state index contributed by atoms with van der Waals surface area (Å²) in [5, 5.41) is 3.14. The minimum Gasteiger partial charge on any atom is -0.384 e. The van der Waals surface area contributed by atoms with E-state index in [0.717, 1.165) is 29.6 Å². The van der Waals surface area contributed by atoms with Crippen molar-refractivity contribution in [3.63, 3.8) is 0 Å². The molecule has 0 saturated carbocycles. The van der Waals surface area contributed by atoms with Gasteiger partial charge in [0.15, 0.2) is 5.65 Å². The molecule has 36 heavy (non-hydrogen) atoms. The fourth-order valence-corrected chi connectivity index (χ4v) is 4.55. The zero-order valence-electron chi connectivity index (χ0n) is 20.9. The molecule has 0 spiro atoms. The Balaban J connectivity index is 1.54. The van der Waals surface area contributed by atoms with Crippen LogP contribution in [0, 0.1) is 0 Å². The maximum atomic E-state index is 13.6. The predicted molar refractivity (Wildman–Crippen MR) is 147 cm³/mol. The molecule has 6 heteroatoms. The second-order valence-electron chi connectivity index (χ2n) is 9.63. The summed E-state index contributed by atoms with van der Waals surface area (Å²) in [5.41, 5.74) is 12.9. The standard InChI is InChI=1S/C30H31N5O/c1-19(2)22-15-17-23(18-16-22)35-28(31)26(27-29(35)34-25-12-8-7-11-24(25)33-27)30(36)32-20(3)13-14-21-9-5-4-6-10-21/h4-12,15-20H,13-14,31H2,1-3H3,(H,32,36)/t20-/m1/s1. The SMILES string of the molecule is CC(C)c1ccc(-n2c(N)c(C(=O)N[C@H](C)CCc3ccccc3)c3nc4ccccc4nc32)cc1. The van der Waals surface area contributed by atoms with Gasteiger partial charge in [0.1, 0.15) is 16.9 Å². The van der Waals surface area contributed by atoms with Gasteiger partial charge in [0.2, 0.25) is 0 Å². The number of nitrogen functional groups attached to an aromatic ring is 1. The van der Waals surface area contributed by atoms with Crippen LogP contribution in [0.1, 0.15) is 54.6 Å². The van der Waals surface area contributed by atoms with Crippen LogP contribution in [-0.2, 0) is 6.42 Å². The van der Waals surface area contributed by atoms with Crippen molar-refractivity contribution in [2.45, 2.75) is 45.6 Å². The Morgan fingerprint density at radius 1 is 0.889 bits per heavy atom. The first-order valence-electron chi connectivity index (χ1n) is 12.4. The third-order valence-corrected chi connectivity index (χ3v) is 6.63. The van der Waals surface area contributed by atoms with Gasteiger partial charge in [0.05, 0.1) is 11.0 Å². The summed E-state index contributed by atoms with van der Waals surface area (Å²) in [6.07, 6.45) is 1.70.